The number of carboxylic acids is 2. The van der Waals surface area contributed by atoms with E-state index in [0.29, 0.717) is 25.9 Å². The Balaban J connectivity index is 1.85. The Bertz CT molecular complexity index is 878. The average Bonchev–Trinajstić information content (AvgIpc) is 2.81. The quantitative estimate of drug-likeness (QED) is 0.788. The summed E-state index contributed by atoms with van der Waals surface area (Å²) in [5.41, 5.74) is 2.98. The van der Waals surface area contributed by atoms with Crippen LogP contribution in [0.25, 0.3) is 0 Å². The average molecular weight is 380 g/mol. The highest BCUT2D eigenvalue weighted by atomic mass is 16.4. The van der Waals surface area contributed by atoms with Crippen LogP contribution < -0.4 is 5.11 Å². The molecule has 1 heterocycles. The van der Waals surface area contributed by atoms with E-state index in [9.17, 15) is 24.6 Å². The van der Waals surface area contributed by atoms with Crippen LogP contribution in [0.2, 0.25) is 0 Å². The lowest BCUT2D eigenvalue weighted by atomic mass is 9.92. The minimum atomic E-state index is -1.19. The number of carbonyl (C=O) groups excluding carboxylic acids is 2. The number of benzene rings is 2. The monoisotopic (exact) mass is 380 g/mol. The molecular weight excluding hydrogens is 358 g/mol. The number of fused-ring (bicyclic) bond motifs is 1. The van der Waals surface area contributed by atoms with Crippen molar-refractivity contribution in [3.63, 3.8) is 0 Å². The first-order chi connectivity index (χ1) is 13.4. The minimum absolute atomic E-state index is 0.0924. The molecule has 1 N–H and O–H groups in total. The Morgan fingerprint density at radius 1 is 1.11 bits per heavy atom. The second kappa shape index (κ2) is 8.69. The summed E-state index contributed by atoms with van der Waals surface area (Å²) < 4.78 is 0. The topological polar surface area (TPSA) is 97.7 Å². The largest absolute Gasteiger partial charge is 0.550 e. The number of rotatable bonds is 7. The summed E-state index contributed by atoms with van der Waals surface area (Å²) in [7, 11) is 0. The fraction of sp³-hybridized carbons (Fsp3) is 0.318. The summed E-state index contributed by atoms with van der Waals surface area (Å²) >= 11 is 0. The first-order valence-electron chi connectivity index (χ1n) is 9.31. The lowest BCUT2D eigenvalue weighted by Gasteiger charge is -2.25. The third-order valence-corrected chi connectivity index (χ3v) is 5.15. The summed E-state index contributed by atoms with van der Waals surface area (Å²) in [4.78, 5) is 37.0. The lowest BCUT2D eigenvalue weighted by molar-refractivity contribution is -0.305. The van der Waals surface area contributed by atoms with E-state index in [4.69, 9.17) is 0 Å². The molecular formula is C22H22NO5-. The molecule has 1 amide bonds. The van der Waals surface area contributed by atoms with E-state index < -0.39 is 17.9 Å². The van der Waals surface area contributed by atoms with Crippen LogP contribution in [0.5, 0.6) is 0 Å². The molecule has 0 bridgehead atoms. The Kier molecular flexibility index (Phi) is 6.09. The maximum atomic E-state index is 13.1. The highest BCUT2D eigenvalue weighted by molar-refractivity contribution is 5.88. The normalized spacial score (nSPS) is 16.4. The van der Waals surface area contributed by atoms with Crippen LogP contribution in [-0.2, 0) is 29.0 Å². The summed E-state index contributed by atoms with van der Waals surface area (Å²) in [6.07, 6.45) is 1.02. The zero-order chi connectivity index (χ0) is 20.1. The number of carboxylic acid groups (broad SMARTS) is 2. The first-order valence-corrected chi connectivity index (χ1v) is 9.31. The summed E-state index contributed by atoms with van der Waals surface area (Å²) in [5, 5.41) is 20.2. The van der Waals surface area contributed by atoms with Crippen molar-refractivity contribution in [3.05, 3.63) is 70.8 Å². The fourth-order valence-electron chi connectivity index (χ4n) is 3.61. The Labute approximate surface area is 163 Å². The van der Waals surface area contributed by atoms with E-state index in [2.05, 4.69) is 0 Å². The van der Waals surface area contributed by atoms with Gasteiger partial charge in [-0.3, -0.25) is 4.79 Å². The zero-order valence-corrected chi connectivity index (χ0v) is 15.5. The van der Waals surface area contributed by atoms with Crippen molar-refractivity contribution in [2.45, 2.75) is 32.2 Å². The van der Waals surface area contributed by atoms with Gasteiger partial charge in [0.1, 0.15) is 0 Å². The molecule has 1 aliphatic rings. The minimum Gasteiger partial charge on any atom is -0.550 e. The van der Waals surface area contributed by atoms with Crippen molar-refractivity contribution in [2.24, 2.45) is 5.92 Å². The molecule has 2 aromatic carbocycles. The third-order valence-electron chi connectivity index (χ3n) is 5.15. The molecule has 0 aliphatic carbocycles. The second-order valence-electron chi connectivity index (χ2n) is 7.10. The van der Waals surface area contributed by atoms with Gasteiger partial charge < -0.3 is 19.9 Å². The Hall–Kier alpha value is -3.15. The van der Waals surface area contributed by atoms with Gasteiger partial charge in [-0.1, -0.05) is 36.4 Å². The van der Waals surface area contributed by atoms with Gasteiger partial charge in [-0.05, 0) is 54.5 Å². The molecule has 6 heteroatoms. The van der Waals surface area contributed by atoms with Crippen molar-refractivity contribution < 1.29 is 24.6 Å². The molecule has 0 radical (unpaired) electrons. The Morgan fingerprint density at radius 3 is 2.54 bits per heavy atom. The maximum Gasteiger partial charge on any atom is 0.335 e. The van der Waals surface area contributed by atoms with Gasteiger partial charge in [-0.15, -0.1) is 0 Å². The summed E-state index contributed by atoms with van der Waals surface area (Å²) in [6, 6.07) is 14.7. The molecule has 1 atom stereocenters. The number of hydrogen-bond acceptors (Lipinski definition) is 4. The van der Waals surface area contributed by atoms with Crippen LogP contribution in [0.3, 0.4) is 0 Å². The highest BCUT2D eigenvalue weighted by Gasteiger charge is 2.29. The van der Waals surface area contributed by atoms with Gasteiger partial charge in [0.25, 0.3) is 0 Å². The SMILES string of the molecule is O=C([O-])CCC1Cc2cc(C(=O)O)ccc2CN(CCc2ccccc2)C1=O. The smallest absolute Gasteiger partial charge is 0.335 e. The molecule has 6 nitrogen and oxygen atoms in total. The summed E-state index contributed by atoms with van der Waals surface area (Å²) in [6.45, 7) is 0.910. The molecule has 0 saturated heterocycles. The number of aliphatic carboxylic acids is 1. The molecule has 0 spiro atoms. The number of hydrogen-bond donors (Lipinski definition) is 1. The lowest BCUT2D eigenvalue weighted by Crippen LogP contribution is -2.36. The molecule has 28 heavy (non-hydrogen) atoms. The van der Waals surface area contributed by atoms with Gasteiger partial charge in [-0.2, -0.15) is 0 Å². The number of nitrogens with zero attached hydrogens (tertiary/aromatic N) is 1. The molecule has 0 saturated carbocycles. The van der Waals surface area contributed by atoms with Crippen LogP contribution in [-0.4, -0.2) is 34.4 Å². The second-order valence-corrected chi connectivity index (χ2v) is 7.10. The van der Waals surface area contributed by atoms with Crippen LogP contribution >= 0.6 is 0 Å². The number of amides is 1. The molecule has 0 aromatic heterocycles. The predicted octanol–water partition coefficient (Wildman–Crippen LogP) is 1.66. The predicted molar refractivity (Wildman–Crippen MR) is 100 cm³/mol. The van der Waals surface area contributed by atoms with Gasteiger partial charge in [0.15, 0.2) is 0 Å². The van der Waals surface area contributed by atoms with E-state index in [-0.39, 0.29) is 24.3 Å². The van der Waals surface area contributed by atoms with Crippen molar-refractivity contribution >= 4 is 17.8 Å². The van der Waals surface area contributed by atoms with E-state index in [0.717, 1.165) is 16.7 Å². The highest BCUT2D eigenvalue weighted by Crippen LogP contribution is 2.27. The molecule has 2 aromatic rings. The molecule has 3 rings (SSSR count). The van der Waals surface area contributed by atoms with Crippen LogP contribution in [0.4, 0.5) is 0 Å². The first kappa shape index (κ1) is 19.6. The van der Waals surface area contributed by atoms with Crippen LogP contribution in [0, 0.1) is 5.92 Å². The Morgan fingerprint density at radius 2 is 1.86 bits per heavy atom. The maximum absolute atomic E-state index is 13.1. The van der Waals surface area contributed by atoms with Crippen molar-refractivity contribution in [2.75, 3.05) is 6.54 Å². The molecule has 1 unspecified atom stereocenters. The summed E-state index contributed by atoms with van der Waals surface area (Å²) in [5.74, 6) is -2.80. The van der Waals surface area contributed by atoms with Crippen LogP contribution in [0.1, 0.15) is 39.9 Å². The fourth-order valence-corrected chi connectivity index (χ4v) is 3.61. The van der Waals surface area contributed by atoms with Crippen molar-refractivity contribution in [1.29, 1.82) is 0 Å². The van der Waals surface area contributed by atoms with E-state index in [1.54, 1.807) is 23.1 Å². The molecule has 146 valence electrons. The van der Waals surface area contributed by atoms with Crippen molar-refractivity contribution in [3.8, 4) is 0 Å². The van der Waals surface area contributed by atoms with E-state index in [1.807, 2.05) is 30.3 Å². The van der Waals surface area contributed by atoms with Gasteiger partial charge in [0.2, 0.25) is 5.91 Å². The number of carbonyl (C=O) groups is 3. The van der Waals surface area contributed by atoms with E-state index in [1.165, 1.54) is 0 Å². The molecule has 1 aliphatic heterocycles. The van der Waals surface area contributed by atoms with Crippen LogP contribution in [0.15, 0.2) is 48.5 Å². The van der Waals surface area contributed by atoms with E-state index >= 15 is 0 Å². The van der Waals surface area contributed by atoms with Gasteiger partial charge in [-0.25, -0.2) is 4.79 Å². The van der Waals surface area contributed by atoms with Gasteiger partial charge in [0.05, 0.1) is 5.56 Å². The molecule has 0 fully saturated rings. The van der Waals surface area contributed by atoms with Gasteiger partial charge in [0, 0.05) is 25.0 Å². The van der Waals surface area contributed by atoms with Gasteiger partial charge >= 0.3 is 5.97 Å². The number of aromatic carboxylic acids is 1. The standard InChI is InChI=1S/C22H23NO5/c24-20(25)9-8-16-12-19-13-17(22(27)28)6-7-18(19)14-23(21(16)26)11-10-15-4-2-1-3-5-15/h1-7,13,16H,8-12,14H2,(H,24,25)(H,27,28)/p-1. The zero-order valence-electron chi connectivity index (χ0n) is 15.5. The van der Waals surface area contributed by atoms with Crippen molar-refractivity contribution in [1.82, 2.24) is 4.90 Å². The third kappa shape index (κ3) is 4.76.